The van der Waals surface area contributed by atoms with Crippen molar-refractivity contribution in [2.45, 2.75) is 6.92 Å². The maximum absolute atomic E-state index is 6.56. The summed E-state index contributed by atoms with van der Waals surface area (Å²) in [6.07, 6.45) is 1.63. The fourth-order valence-electron chi connectivity index (χ4n) is 2.73. The number of nitrogens with one attached hydrogen (secondary N) is 1. The lowest BCUT2D eigenvalue weighted by Gasteiger charge is -2.03. The molecule has 0 aliphatic rings. The van der Waals surface area contributed by atoms with Gasteiger partial charge in [0.05, 0.1) is 23.2 Å². The van der Waals surface area contributed by atoms with E-state index in [1.165, 1.54) is 0 Å². The maximum atomic E-state index is 6.56. The molecule has 6 nitrogen and oxygen atoms in total. The fraction of sp³-hybridized carbons (Fsp3) is 0.0526. The van der Waals surface area contributed by atoms with Crippen molar-refractivity contribution in [1.29, 1.82) is 0 Å². The molecule has 1 N–H and O–H groups in total. The van der Waals surface area contributed by atoms with E-state index in [1.807, 2.05) is 49.4 Å². The Morgan fingerprint density at radius 1 is 1.11 bits per heavy atom. The van der Waals surface area contributed by atoms with Gasteiger partial charge in [-0.2, -0.15) is 20.0 Å². The van der Waals surface area contributed by atoms with Crippen molar-refractivity contribution < 1.29 is 0 Å². The highest BCUT2D eigenvalue weighted by molar-refractivity contribution is 7.71. The Kier molecular flexibility index (Phi) is 5.13. The first kappa shape index (κ1) is 18.6. The van der Waals surface area contributed by atoms with Gasteiger partial charge in [-0.3, -0.25) is 0 Å². The molecular formula is C19H14Cl2N6S. The minimum absolute atomic E-state index is 0.381. The van der Waals surface area contributed by atoms with Crippen LogP contribution in [-0.2, 0) is 0 Å². The Labute approximate surface area is 176 Å². The van der Waals surface area contributed by atoms with Gasteiger partial charge in [0.15, 0.2) is 5.82 Å². The van der Waals surface area contributed by atoms with Gasteiger partial charge in [-0.1, -0.05) is 59.6 Å². The van der Waals surface area contributed by atoms with Gasteiger partial charge in [0.2, 0.25) is 4.77 Å². The monoisotopic (exact) mass is 428 g/mol. The van der Waals surface area contributed by atoms with Crippen molar-refractivity contribution in [3.8, 4) is 17.1 Å². The van der Waals surface area contributed by atoms with Crippen LogP contribution in [0.25, 0.3) is 17.1 Å². The highest BCUT2D eigenvalue weighted by Crippen LogP contribution is 2.24. The lowest BCUT2D eigenvalue weighted by Crippen LogP contribution is -1.97. The standard InChI is InChI=1S/C19H14Cl2N6S/c1-12-16(17(21)26(25-12)15-9-5-8-14(20)10-15)11-22-27-18(23-24-19(27)28)13-6-3-2-4-7-13/h2-11H,1H3,(H,24,28)/b22-11+. The third kappa shape index (κ3) is 3.52. The molecule has 2 heterocycles. The van der Waals surface area contributed by atoms with E-state index in [-0.39, 0.29) is 0 Å². The Morgan fingerprint density at radius 2 is 1.89 bits per heavy atom. The molecule has 0 bridgehead atoms. The van der Waals surface area contributed by atoms with Crippen molar-refractivity contribution in [2.24, 2.45) is 5.10 Å². The van der Waals surface area contributed by atoms with Crippen LogP contribution in [-0.4, -0.2) is 30.9 Å². The number of H-pyrrole nitrogens is 1. The normalized spacial score (nSPS) is 11.4. The minimum atomic E-state index is 0.381. The van der Waals surface area contributed by atoms with E-state index < -0.39 is 0 Å². The molecular weight excluding hydrogens is 415 g/mol. The number of aryl methyl sites for hydroxylation is 1. The van der Waals surface area contributed by atoms with Crippen LogP contribution in [0.3, 0.4) is 0 Å². The molecule has 0 aliphatic carbocycles. The van der Waals surface area contributed by atoms with Gasteiger partial charge in [-0.15, -0.1) is 0 Å². The Balaban J connectivity index is 1.74. The molecule has 0 saturated carbocycles. The molecule has 0 atom stereocenters. The average Bonchev–Trinajstić information content (AvgIpc) is 3.20. The second kappa shape index (κ2) is 7.71. The van der Waals surface area contributed by atoms with E-state index in [0.29, 0.717) is 26.3 Å². The first-order chi connectivity index (χ1) is 13.5. The van der Waals surface area contributed by atoms with Crippen LogP contribution >= 0.6 is 35.4 Å². The Morgan fingerprint density at radius 3 is 2.64 bits per heavy atom. The molecule has 2 aromatic carbocycles. The maximum Gasteiger partial charge on any atom is 0.216 e. The molecule has 0 amide bonds. The summed E-state index contributed by atoms with van der Waals surface area (Å²) in [6, 6.07) is 17.0. The zero-order chi connectivity index (χ0) is 19.7. The van der Waals surface area contributed by atoms with Crippen LogP contribution in [0.15, 0.2) is 59.7 Å². The summed E-state index contributed by atoms with van der Waals surface area (Å²) in [7, 11) is 0. The van der Waals surface area contributed by atoms with Crippen LogP contribution in [0.1, 0.15) is 11.3 Å². The van der Waals surface area contributed by atoms with Crippen LogP contribution in [0, 0.1) is 11.7 Å². The molecule has 28 heavy (non-hydrogen) atoms. The number of hydrogen-bond acceptors (Lipinski definition) is 4. The summed E-state index contributed by atoms with van der Waals surface area (Å²) in [5, 5.41) is 17.1. The highest BCUT2D eigenvalue weighted by Gasteiger charge is 2.14. The zero-order valence-electron chi connectivity index (χ0n) is 14.7. The molecule has 2 aromatic heterocycles. The number of aromatic nitrogens is 5. The van der Waals surface area contributed by atoms with Gasteiger partial charge in [0.25, 0.3) is 0 Å². The number of aromatic amines is 1. The van der Waals surface area contributed by atoms with Gasteiger partial charge >= 0.3 is 0 Å². The van der Waals surface area contributed by atoms with Crippen molar-refractivity contribution in [3.63, 3.8) is 0 Å². The van der Waals surface area contributed by atoms with E-state index in [9.17, 15) is 0 Å². The summed E-state index contributed by atoms with van der Waals surface area (Å²) in [5.41, 5.74) is 3.07. The summed E-state index contributed by atoms with van der Waals surface area (Å²) in [5.74, 6) is 0.609. The Bertz CT molecular complexity index is 1220. The van der Waals surface area contributed by atoms with Gasteiger partial charge < -0.3 is 0 Å². The van der Waals surface area contributed by atoms with Gasteiger partial charge in [-0.25, -0.2) is 9.78 Å². The molecule has 9 heteroatoms. The molecule has 0 aliphatic heterocycles. The van der Waals surface area contributed by atoms with Gasteiger partial charge in [0.1, 0.15) is 5.15 Å². The summed E-state index contributed by atoms with van der Waals surface area (Å²) in [6.45, 7) is 1.86. The predicted octanol–water partition coefficient (Wildman–Crippen LogP) is 5.29. The number of nitrogens with zero attached hydrogens (tertiary/aromatic N) is 5. The molecule has 4 rings (SSSR count). The van der Waals surface area contributed by atoms with Crippen molar-refractivity contribution >= 4 is 41.6 Å². The molecule has 0 spiro atoms. The Hall–Kier alpha value is -2.74. The first-order valence-electron chi connectivity index (χ1n) is 8.33. The third-order valence-electron chi connectivity index (χ3n) is 4.09. The van der Waals surface area contributed by atoms with Crippen LogP contribution in [0.5, 0.6) is 0 Å². The van der Waals surface area contributed by atoms with E-state index in [4.69, 9.17) is 35.4 Å². The molecule has 0 fully saturated rings. The van der Waals surface area contributed by atoms with E-state index in [2.05, 4.69) is 20.4 Å². The summed E-state index contributed by atoms with van der Waals surface area (Å²) < 4.78 is 3.56. The smallest absolute Gasteiger partial charge is 0.216 e. The van der Waals surface area contributed by atoms with Gasteiger partial charge in [0, 0.05) is 10.6 Å². The highest BCUT2D eigenvalue weighted by atomic mass is 35.5. The number of hydrogen-bond donors (Lipinski definition) is 1. The second-order valence-corrected chi connectivity index (χ2v) is 7.14. The summed E-state index contributed by atoms with van der Waals surface area (Å²) in [4.78, 5) is 0. The lowest BCUT2D eigenvalue weighted by molar-refractivity contribution is 0.863. The van der Waals surface area contributed by atoms with Crippen molar-refractivity contribution in [2.75, 3.05) is 0 Å². The average molecular weight is 429 g/mol. The second-order valence-electron chi connectivity index (χ2n) is 5.96. The number of rotatable bonds is 4. The minimum Gasteiger partial charge on any atom is -0.250 e. The fourth-order valence-corrected chi connectivity index (χ4v) is 3.41. The molecule has 140 valence electrons. The third-order valence-corrected chi connectivity index (χ3v) is 4.95. The van der Waals surface area contributed by atoms with E-state index >= 15 is 0 Å². The topological polar surface area (TPSA) is 63.8 Å². The molecule has 0 saturated heterocycles. The first-order valence-corrected chi connectivity index (χ1v) is 9.49. The molecule has 4 aromatic rings. The predicted molar refractivity (Wildman–Crippen MR) is 114 cm³/mol. The van der Waals surface area contributed by atoms with Gasteiger partial charge in [-0.05, 0) is 37.3 Å². The lowest BCUT2D eigenvalue weighted by atomic mass is 10.2. The van der Waals surface area contributed by atoms with E-state index in [1.54, 1.807) is 27.7 Å². The molecule has 0 unspecified atom stereocenters. The SMILES string of the molecule is Cc1nn(-c2cccc(Cl)c2)c(Cl)c1/C=N/n1c(-c2ccccc2)n[nH]c1=S. The number of benzene rings is 2. The molecule has 0 radical (unpaired) electrons. The van der Waals surface area contributed by atoms with Crippen LogP contribution < -0.4 is 0 Å². The van der Waals surface area contributed by atoms with Crippen LogP contribution in [0.2, 0.25) is 10.2 Å². The van der Waals surface area contributed by atoms with Crippen molar-refractivity contribution in [3.05, 3.63) is 80.8 Å². The van der Waals surface area contributed by atoms with Crippen LogP contribution in [0.4, 0.5) is 0 Å². The summed E-state index contributed by atoms with van der Waals surface area (Å²) >= 11 is 18.0. The largest absolute Gasteiger partial charge is 0.250 e. The quantitative estimate of drug-likeness (QED) is 0.354. The number of halogens is 2. The van der Waals surface area contributed by atoms with Crippen molar-refractivity contribution in [1.82, 2.24) is 24.7 Å². The zero-order valence-corrected chi connectivity index (χ0v) is 17.0. The van der Waals surface area contributed by atoms with E-state index in [0.717, 1.165) is 16.9 Å².